The van der Waals surface area contributed by atoms with Crippen LogP contribution in [0.1, 0.15) is 233 Å². The summed E-state index contributed by atoms with van der Waals surface area (Å²) in [5, 5.41) is 17.7. The van der Waals surface area contributed by atoms with Crippen LogP contribution < -0.4 is 0 Å². The van der Waals surface area contributed by atoms with Crippen LogP contribution in [0.3, 0.4) is 0 Å². The van der Waals surface area contributed by atoms with Crippen molar-refractivity contribution in [2.75, 3.05) is 26.4 Å². The van der Waals surface area contributed by atoms with Crippen LogP contribution in [0.4, 0.5) is 9.59 Å². The molecule has 368 valence electrons. The first-order valence-electron chi connectivity index (χ1n) is 24.5. The number of hydrogen-bond acceptors (Lipinski definition) is 12. The topological polar surface area (TPSA) is 164 Å². The maximum Gasteiger partial charge on any atom is 0.509 e. The number of unbranched alkanes of at least 4 members (excludes halogenated alkanes) is 28. The van der Waals surface area contributed by atoms with E-state index in [0.717, 1.165) is 25.7 Å². The van der Waals surface area contributed by atoms with E-state index in [4.69, 9.17) is 52.4 Å². The summed E-state index contributed by atoms with van der Waals surface area (Å²) in [4.78, 5) is 46.8. The van der Waals surface area contributed by atoms with Crippen molar-refractivity contribution in [1.82, 2.24) is 0 Å². The van der Waals surface area contributed by atoms with Gasteiger partial charge in [-0.15, -0.1) is 0 Å². The number of carbonyl (C=O) groups excluding carboxylic acids is 4. The molecule has 0 aromatic rings. The van der Waals surface area contributed by atoms with Gasteiger partial charge in [0.25, 0.3) is 0 Å². The van der Waals surface area contributed by atoms with Crippen LogP contribution >= 0.6 is 23.2 Å². The van der Waals surface area contributed by atoms with Crippen molar-refractivity contribution in [3.05, 3.63) is 0 Å². The minimum atomic E-state index is -1.03. The van der Waals surface area contributed by atoms with E-state index in [2.05, 4.69) is 23.3 Å². The van der Waals surface area contributed by atoms with Crippen LogP contribution in [0.15, 0.2) is 0 Å². The number of rotatable bonds is 42. The molecule has 0 saturated heterocycles. The second-order valence-electron chi connectivity index (χ2n) is 16.4. The molecule has 12 nitrogen and oxygen atoms in total. The maximum absolute atomic E-state index is 12.2. The molecule has 0 aromatic carbocycles. The Morgan fingerprint density at radius 2 is 0.629 bits per heavy atom. The molecule has 2 N–H and O–H groups in total. The highest BCUT2D eigenvalue weighted by Crippen LogP contribution is 2.16. The van der Waals surface area contributed by atoms with Gasteiger partial charge in [-0.25, -0.2) is 9.59 Å². The molecular formula is C48H90Cl2O12. The zero-order valence-corrected chi connectivity index (χ0v) is 41.0. The lowest BCUT2D eigenvalue weighted by molar-refractivity contribution is -0.155. The molecule has 0 aromatic heterocycles. The summed E-state index contributed by atoms with van der Waals surface area (Å²) in [5.41, 5.74) is -1.76. The third kappa shape index (κ3) is 49.0. The van der Waals surface area contributed by atoms with Gasteiger partial charge in [0.05, 0.1) is 13.2 Å². The lowest BCUT2D eigenvalue weighted by atomic mass is 10.0. The second kappa shape index (κ2) is 48.4. The van der Waals surface area contributed by atoms with E-state index >= 15 is 0 Å². The molecule has 0 aliphatic carbocycles. The average molecular weight is 930 g/mol. The minimum absolute atomic E-state index is 0.223. The molecule has 0 aliphatic rings. The standard InChI is InChI=1S/C27H48Cl2O8.C21H42O4/c1-4-5-6-7-8-9-10-11-12-13-14-15-16-17-18-19-25(30)37-24(20-33-26(31)35-22(2)28)21-34-27(32)36-23(3)29;1-2-3-4-5-6-7-8-9-10-11-12-13-14-15-16-17-21(24)25-20(18-22)19-23/h22-24H,4-21H2,1-3H3;20,22-23H,2-19H2,1H3. The van der Waals surface area contributed by atoms with Gasteiger partial charge in [-0.1, -0.05) is 217 Å². The van der Waals surface area contributed by atoms with Gasteiger partial charge in [-0.2, -0.15) is 0 Å². The smallest absolute Gasteiger partial charge is 0.457 e. The molecule has 0 amide bonds. The molecule has 0 spiro atoms. The first-order chi connectivity index (χ1) is 30.0. The Hall–Kier alpha value is -2.02. The zero-order valence-electron chi connectivity index (χ0n) is 39.5. The van der Waals surface area contributed by atoms with Gasteiger partial charge in [-0.05, 0) is 26.7 Å². The molecule has 0 aliphatic heterocycles. The Balaban J connectivity index is 0. The number of carbonyl (C=O) groups is 4. The molecule has 0 heterocycles. The SMILES string of the molecule is CCCCCCCCCCCCCCCCCC(=O)OC(CO)CO.CCCCCCCCCCCCCCCCCC(=O)OC(COC(=O)OC(C)Cl)COC(=O)OC(C)Cl. The Morgan fingerprint density at radius 3 is 0.871 bits per heavy atom. The van der Waals surface area contributed by atoms with Crippen LogP contribution in [0.2, 0.25) is 0 Å². The van der Waals surface area contributed by atoms with E-state index in [1.54, 1.807) is 0 Å². The largest absolute Gasteiger partial charge is 0.509 e. The highest BCUT2D eigenvalue weighted by atomic mass is 35.5. The van der Waals surface area contributed by atoms with Gasteiger partial charge < -0.3 is 38.6 Å². The summed E-state index contributed by atoms with van der Waals surface area (Å²) in [6.07, 6.45) is 34.8. The molecule has 62 heavy (non-hydrogen) atoms. The van der Waals surface area contributed by atoms with Gasteiger partial charge >= 0.3 is 24.2 Å². The molecule has 14 heteroatoms. The molecule has 0 rings (SSSR count). The van der Waals surface area contributed by atoms with Crippen molar-refractivity contribution in [2.45, 2.75) is 256 Å². The van der Waals surface area contributed by atoms with Gasteiger partial charge in [0.15, 0.2) is 17.2 Å². The third-order valence-corrected chi connectivity index (χ3v) is 10.4. The number of aliphatic hydroxyl groups excluding tert-OH is 2. The highest BCUT2D eigenvalue weighted by molar-refractivity contribution is 6.20. The lowest BCUT2D eigenvalue weighted by Gasteiger charge is -2.18. The van der Waals surface area contributed by atoms with Crippen molar-refractivity contribution in [3.8, 4) is 0 Å². The number of halogens is 2. The Bertz CT molecular complexity index is 987. The summed E-state index contributed by atoms with van der Waals surface area (Å²) in [7, 11) is 0. The van der Waals surface area contributed by atoms with Crippen molar-refractivity contribution < 1.29 is 57.8 Å². The average Bonchev–Trinajstić information content (AvgIpc) is 3.23. The van der Waals surface area contributed by atoms with E-state index in [1.807, 2.05) is 0 Å². The van der Waals surface area contributed by atoms with E-state index in [9.17, 15) is 19.2 Å². The van der Waals surface area contributed by atoms with Crippen LogP contribution in [0, 0.1) is 0 Å². The van der Waals surface area contributed by atoms with Crippen LogP contribution in [-0.2, 0) is 38.0 Å². The monoisotopic (exact) mass is 929 g/mol. The summed E-state index contributed by atoms with van der Waals surface area (Å²) >= 11 is 11.1. The third-order valence-electron chi connectivity index (χ3n) is 10.3. The first kappa shape index (κ1) is 62.1. The predicted octanol–water partition coefficient (Wildman–Crippen LogP) is 13.8. The highest BCUT2D eigenvalue weighted by Gasteiger charge is 2.21. The fourth-order valence-corrected chi connectivity index (χ4v) is 6.82. The zero-order chi connectivity index (χ0) is 46.3. The van der Waals surface area contributed by atoms with E-state index in [1.165, 1.54) is 174 Å². The summed E-state index contributed by atoms with van der Waals surface area (Å²) in [5.74, 6) is -0.784. The molecule has 2 unspecified atom stereocenters. The van der Waals surface area contributed by atoms with Crippen LogP contribution in [0.25, 0.3) is 0 Å². The molecule has 0 saturated carbocycles. The van der Waals surface area contributed by atoms with Crippen molar-refractivity contribution >= 4 is 47.5 Å². The fourth-order valence-electron chi connectivity index (χ4n) is 6.67. The fraction of sp³-hybridized carbons (Fsp3) is 0.917. The Kier molecular flexibility index (Phi) is 48.5. The normalized spacial score (nSPS) is 12.5. The minimum Gasteiger partial charge on any atom is -0.457 e. The molecule has 2 atom stereocenters. The van der Waals surface area contributed by atoms with Crippen LogP contribution in [0.5, 0.6) is 0 Å². The van der Waals surface area contributed by atoms with Crippen molar-refractivity contribution in [3.63, 3.8) is 0 Å². The first-order valence-corrected chi connectivity index (χ1v) is 25.4. The number of aliphatic hydroxyl groups is 2. The number of ether oxygens (including phenoxy) is 6. The molecule has 0 radical (unpaired) electrons. The van der Waals surface area contributed by atoms with Gasteiger partial charge in [-0.3, -0.25) is 9.59 Å². The van der Waals surface area contributed by atoms with E-state index < -0.39 is 41.6 Å². The number of esters is 2. The van der Waals surface area contributed by atoms with Crippen molar-refractivity contribution in [2.24, 2.45) is 0 Å². The predicted molar refractivity (Wildman–Crippen MR) is 249 cm³/mol. The van der Waals surface area contributed by atoms with Crippen molar-refractivity contribution in [1.29, 1.82) is 0 Å². The Morgan fingerprint density at radius 1 is 0.387 bits per heavy atom. The summed E-state index contributed by atoms with van der Waals surface area (Å²) < 4.78 is 29.3. The summed E-state index contributed by atoms with van der Waals surface area (Å²) in [6.45, 7) is 6.05. The molecule has 0 fully saturated rings. The van der Waals surface area contributed by atoms with E-state index in [-0.39, 0.29) is 38.8 Å². The number of alkyl halides is 2. The van der Waals surface area contributed by atoms with Crippen LogP contribution in [-0.4, -0.2) is 84.2 Å². The van der Waals surface area contributed by atoms with Gasteiger partial charge in [0.1, 0.15) is 19.3 Å². The Labute approximate surface area is 386 Å². The summed E-state index contributed by atoms with van der Waals surface area (Å²) in [6, 6.07) is 0. The van der Waals surface area contributed by atoms with Gasteiger partial charge in [0, 0.05) is 12.8 Å². The molecule has 0 bridgehead atoms. The van der Waals surface area contributed by atoms with Gasteiger partial charge in [0.2, 0.25) is 0 Å². The maximum atomic E-state index is 12.2. The quantitative estimate of drug-likeness (QED) is 0.0258. The number of hydrogen-bond donors (Lipinski definition) is 2. The van der Waals surface area contributed by atoms with E-state index in [0.29, 0.717) is 12.8 Å². The lowest BCUT2D eigenvalue weighted by Crippen LogP contribution is -2.31. The molecular weight excluding hydrogens is 839 g/mol. The second-order valence-corrected chi connectivity index (χ2v) is 17.7.